The summed E-state index contributed by atoms with van der Waals surface area (Å²) in [7, 11) is 1.64. The molecule has 0 fully saturated rings. The quantitative estimate of drug-likeness (QED) is 0.915. The zero-order valence-corrected chi connectivity index (χ0v) is 11.8. The minimum absolute atomic E-state index is 0.231. The standard InChI is InChI=1S/C16H17NO4/c1-18-13-5-3-2-4-11(13)9-19-14-7-16-15(20-10-21-16)6-12(14)8-17/h2-7H,8-10,17H2,1H3. The normalized spacial score (nSPS) is 12.3. The summed E-state index contributed by atoms with van der Waals surface area (Å²) in [5, 5.41) is 0. The maximum absolute atomic E-state index is 5.89. The first kappa shape index (κ1) is 13.6. The molecule has 1 heterocycles. The molecule has 5 nitrogen and oxygen atoms in total. The average molecular weight is 287 g/mol. The Morgan fingerprint density at radius 3 is 2.57 bits per heavy atom. The molecule has 0 bridgehead atoms. The molecule has 0 saturated heterocycles. The van der Waals surface area contributed by atoms with Crippen LogP contribution in [0, 0.1) is 0 Å². The molecule has 0 spiro atoms. The predicted molar refractivity (Wildman–Crippen MR) is 77.8 cm³/mol. The second-order valence-electron chi connectivity index (χ2n) is 4.62. The van der Waals surface area contributed by atoms with E-state index >= 15 is 0 Å². The van der Waals surface area contributed by atoms with E-state index in [-0.39, 0.29) is 6.79 Å². The van der Waals surface area contributed by atoms with E-state index < -0.39 is 0 Å². The van der Waals surface area contributed by atoms with Crippen LogP contribution in [0.15, 0.2) is 36.4 Å². The van der Waals surface area contributed by atoms with Gasteiger partial charge in [-0.1, -0.05) is 18.2 Å². The van der Waals surface area contributed by atoms with E-state index in [1.54, 1.807) is 7.11 Å². The highest BCUT2D eigenvalue weighted by Gasteiger charge is 2.17. The van der Waals surface area contributed by atoms with E-state index in [9.17, 15) is 0 Å². The molecule has 2 N–H and O–H groups in total. The zero-order valence-electron chi connectivity index (χ0n) is 11.8. The van der Waals surface area contributed by atoms with Crippen LogP contribution in [0.5, 0.6) is 23.0 Å². The van der Waals surface area contributed by atoms with Gasteiger partial charge in [0, 0.05) is 23.7 Å². The SMILES string of the molecule is COc1ccccc1COc1cc2c(cc1CN)OCO2. The van der Waals surface area contributed by atoms with Crippen LogP contribution < -0.4 is 24.7 Å². The lowest BCUT2D eigenvalue weighted by Crippen LogP contribution is -2.04. The molecular weight excluding hydrogens is 270 g/mol. The van der Waals surface area contributed by atoms with Crippen molar-refractivity contribution in [3.05, 3.63) is 47.5 Å². The lowest BCUT2D eigenvalue weighted by Gasteiger charge is -2.13. The Morgan fingerprint density at radius 1 is 1.05 bits per heavy atom. The second kappa shape index (κ2) is 5.93. The molecule has 1 aliphatic heterocycles. The maximum Gasteiger partial charge on any atom is 0.231 e. The zero-order chi connectivity index (χ0) is 14.7. The van der Waals surface area contributed by atoms with Gasteiger partial charge < -0.3 is 24.7 Å². The number of methoxy groups -OCH3 is 1. The maximum atomic E-state index is 5.89. The number of benzene rings is 2. The molecule has 0 unspecified atom stereocenters. The summed E-state index contributed by atoms with van der Waals surface area (Å²) in [5.74, 6) is 2.89. The van der Waals surface area contributed by atoms with Gasteiger partial charge in [0.05, 0.1) is 7.11 Å². The van der Waals surface area contributed by atoms with Crippen molar-refractivity contribution >= 4 is 0 Å². The van der Waals surface area contributed by atoms with E-state index in [1.807, 2.05) is 36.4 Å². The van der Waals surface area contributed by atoms with Crippen molar-refractivity contribution in [2.75, 3.05) is 13.9 Å². The molecule has 0 saturated carbocycles. The first-order valence-corrected chi connectivity index (χ1v) is 6.69. The highest BCUT2D eigenvalue weighted by Crippen LogP contribution is 2.38. The summed E-state index contributed by atoms with van der Waals surface area (Å²) < 4.78 is 21.9. The van der Waals surface area contributed by atoms with Gasteiger partial charge in [-0.25, -0.2) is 0 Å². The van der Waals surface area contributed by atoms with Gasteiger partial charge in [-0.3, -0.25) is 0 Å². The number of nitrogens with two attached hydrogens (primary N) is 1. The molecule has 0 amide bonds. The predicted octanol–water partition coefficient (Wildman–Crippen LogP) is 2.46. The van der Waals surface area contributed by atoms with E-state index in [4.69, 9.17) is 24.7 Å². The summed E-state index contributed by atoms with van der Waals surface area (Å²) in [4.78, 5) is 0. The summed E-state index contributed by atoms with van der Waals surface area (Å²) in [6, 6.07) is 11.4. The number of fused-ring (bicyclic) bond motifs is 1. The molecular formula is C16H17NO4. The molecule has 1 aliphatic rings. The van der Waals surface area contributed by atoms with Gasteiger partial charge >= 0.3 is 0 Å². The van der Waals surface area contributed by atoms with Crippen LogP contribution in [0.25, 0.3) is 0 Å². The van der Waals surface area contributed by atoms with E-state index in [2.05, 4.69) is 0 Å². The van der Waals surface area contributed by atoms with Gasteiger partial charge in [0.1, 0.15) is 18.1 Å². The van der Waals surface area contributed by atoms with Gasteiger partial charge in [0.15, 0.2) is 11.5 Å². The fourth-order valence-corrected chi connectivity index (χ4v) is 2.24. The van der Waals surface area contributed by atoms with Crippen molar-refractivity contribution in [1.82, 2.24) is 0 Å². The largest absolute Gasteiger partial charge is 0.496 e. The lowest BCUT2D eigenvalue weighted by atomic mass is 10.1. The fraction of sp³-hybridized carbons (Fsp3) is 0.250. The van der Waals surface area contributed by atoms with Crippen LogP contribution in [0.3, 0.4) is 0 Å². The van der Waals surface area contributed by atoms with Crippen LogP contribution in [0.1, 0.15) is 11.1 Å². The van der Waals surface area contributed by atoms with Gasteiger partial charge in [0.25, 0.3) is 0 Å². The van der Waals surface area contributed by atoms with Crippen molar-refractivity contribution in [3.8, 4) is 23.0 Å². The van der Waals surface area contributed by atoms with Gasteiger partial charge in [-0.05, 0) is 12.1 Å². The number of ether oxygens (including phenoxy) is 4. The summed E-state index contributed by atoms with van der Waals surface area (Å²) in [6.07, 6.45) is 0. The van der Waals surface area contributed by atoms with Crippen LogP contribution >= 0.6 is 0 Å². The van der Waals surface area contributed by atoms with Crippen molar-refractivity contribution < 1.29 is 18.9 Å². The Morgan fingerprint density at radius 2 is 1.81 bits per heavy atom. The van der Waals surface area contributed by atoms with Crippen molar-refractivity contribution in [1.29, 1.82) is 0 Å². The van der Waals surface area contributed by atoms with Crippen LogP contribution in [-0.4, -0.2) is 13.9 Å². The lowest BCUT2D eigenvalue weighted by molar-refractivity contribution is 0.173. The molecule has 21 heavy (non-hydrogen) atoms. The third kappa shape index (κ3) is 2.73. The molecule has 2 aromatic carbocycles. The Balaban J connectivity index is 1.81. The van der Waals surface area contributed by atoms with E-state index in [0.29, 0.717) is 30.4 Å². The second-order valence-corrected chi connectivity index (χ2v) is 4.62. The summed E-state index contributed by atoms with van der Waals surface area (Å²) in [6.45, 7) is 1.00. The molecule has 110 valence electrons. The van der Waals surface area contributed by atoms with Crippen LogP contribution in [0.2, 0.25) is 0 Å². The van der Waals surface area contributed by atoms with E-state index in [0.717, 1.165) is 16.9 Å². The molecule has 0 radical (unpaired) electrons. The van der Waals surface area contributed by atoms with Crippen LogP contribution in [-0.2, 0) is 13.2 Å². The molecule has 5 heteroatoms. The molecule has 0 atom stereocenters. The molecule has 0 aliphatic carbocycles. The third-order valence-corrected chi connectivity index (χ3v) is 3.35. The smallest absolute Gasteiger partial charge is 0.231 e. The molecule has 3 rings (SSSR count). The first-order chi connectivity index (χ1) is 10.3. The first-order valence-electron chi connectivity index (χ1n) is 6.69. The van der Waals surface area contributed by atoms with Crippen LogP contribution in [0.4, 0.5) is 0 Å². The fourth-order valence-electron chi connectivity index (χ4n) is 2.24. The monoisotopic (exact) mass is 287 g/mol. The number of rotatable bonds is 5. The van der Waals surface area contributed by atoms with Gasteiger partial charge in [-0.2, -0.15) is 0 Å². The summed E-state index contributed by atoms with van der Waals surface area (Å²) >= 11 is 0. The van der Waals surface area contributed by atoms with Gasteiger partial charge in [0.2, 0.25) is 6.79 Å². The minimum Gasteiger partial charge on any atom is -0.496 e. The Hall–Kier alpha value is -2.40. The van der Waals surface area contributed by atoms with Crippen molar-refractivity contribution in [2.45, 2.75) is 13.2 Å². The highest BCUT2D eigenvalue weighted by atomic mass is 16.7. The number of hydrogen-bond acceptors (Lipinski definition) is 5. The summed E-state index contributed by atoms with van der Waals surface area (Å²) in [5.41, 5.74) is 7.62. The Labute approximate surface area is 123 Å². The molecule has 2 aromatic rings. The Bertz CT molecular complexity index is 642. The van der Waals surface area contributed by atoms with Crippen molar-refractivity contribution in [2.24, 2.45) is 5.73 Å². The van der Waals surface area contributed by atoms with Gasteiger partial charge in [-0.15, -0.1) is 0 Å². The average Bonchev–Trinajstić information content (AvgIpc) is 2.99. The highest BCUT2D eigenvalue weighted by molar-refractivity contribution is 5.52. The third-order valence-electron chi connectivity index (χ3n) is 3.35. The topological polar surface area (TPSA) is 62.9 Å². The Kier molecular flexibility index (Phi) is 3.83. The van der Waals surface area contributed by atoms with Crippen molar-refractivity contribution in [3.63, 3.8) is 0 Å². The number of para-hydroxylation sites is 1. The number of hydrogen-bond donors (Lipinski definition) is 1. The molecule has 0 aromatic heterocycles. The minimum atomic E-state index is 0.231. The van der Waals surface area contributed by atoms with E-state index in [1.165, 1.54) is 0 Å².